The molecule has 0 fully saturated rings. The number of aliphatic imine (C=N–C) groups is 1. The first-order valence-corrected chi connectivity index (χ1v) is 4.36. The van der Waals surface area contributed by atoms with E-state index < -0.39 is 0 Å². The summed E-state index contributed by atoms with van der Waals surface area (Å²) in [5, 5.41) is 8.10. The normalized spacial score (nSPS) is 13.1. The molecule has 0 unspecified atom stereocenters. The van der Waals surface area contributed by atoms with Gasteiger partial charge in [-0.05, 0) is 12.1 Å². The predicted molar refractivity (Wildman–Crippen MR) is 51.0 cm³/mol. The maximum Gasteiger partial charge on any atom is 0.182 e. The van der Waals surface area contributed by atoms with Crippen molar-refractivity contribution in [1.82, 2.24) is 10.2 Å². The van der Waals surface area contributed by atoms with Crippen LogP contribution in [-0.4, -0.2) is 16.4 Å². The van der Waals surface area contributed by atoms with Crippen molar-refractivity contribution in [2.45, 2.75) is 0 Å². The smallest absolute Gasteiger partial charge is 0.182 e. The zero-order chi connectivity index (χ0) is 8.13. The predicted octanol–water partition coefficient (Wildman–Crippen LogP) is 2.39. The lowest BCUT2D eigenvalue weighted by atomic mass is 10.1. The topological polar surface area (TPSA) is 41.0 Å². The van der Waals surface area contributed by atoms with E-state index in [-0.39, 0.29) is 0 Å². The Morgan fingerprint density at radius 3 is 3.17 bits per heavy atom. The fraction of sp³-hybridized carbons (Fsp3) is 0. The summed E-state index contributed by atoms with van der Waals surface area (Å²) in [6.45, 7) is 0. The number of aromatic nitrogens is 2. The molecule has 1 aliphatic rings. The van der Waals surface area contributed by atoms with Gasteiger partial charge in [0.15, 0.2) is 5.82 Å². The lowest BCUT2D eigenvalue weighted by Crippen LogP contribution is -1.80. The largest absolute Gasteiger partial charge is 0.276 e. The number of benzene rings is 1. The second kappa shape index (κ2) is 1.95. The summed E-state index contributed by atoms with van der Waals surface area (Å²) in [5.74, 6) is 0.793. The summed E-state index contributed by atoms with van der Waals surface area (Å²) >= 11 is 3.46. The van der Waals surface area contributed by atoms with Gasteiger partial charge in [-0.25, -0.2) is 4.99 Å². The molecule has 58 valence electrons. The van der Waals surface area contributed by atoms with Crippen molar-refractivity contribution >= 4 is 38.9 Å². The standard InChI is InChI=1S/C8H4BrN3/c9-5-1-2-6-7-4(5)3-10-8(7)12-11-6/h1-3H,(H,11,12). The number of hydrogen-bond acceptors (Lipinski definition) is 2. The van der Waals surface area contributed by atoms with Crippen LogP contribution >= 0.6 is 15.9 Å². The highest BCUT2D eigenvalue weighted by Crippen LogP contribution is 2.34. The highest BCUT2D eigenvalue weighted by Gasteiger charge is 2.15. The first-order chi connectivity index (χ1) is 5.86. The van der Waals surface area contributed by atoms with Gasteiger partial charge in [-0.15, -0.1) is 0 Å². The highest BCUT2D eigenvalue weighted by molar-refractivity contribution is 9.10. The van der Waals surface area contributed by atoms with Gasteiger partial charge in [0.05, 0.1) is 10.9 Å². The van der Waals surface area contributed by atoms with Gasteiger partial charge in [0.2, 0.25) is 0 Å². The van der Waals surface area contributed by atoms with Crippen molar-refractivity contribution in [1.29, 1.82) is 0 Å². The van der Waals surface area contributed by atoms with Crippen LogP contribution in [0.3, 0.4) is 0 Å². The van der Waals surface area contributed by atoms with Crippen LogP contribution in [0.2, 0.25) is 0 Å². The van der Waals surface area contributed by atoms with Crippen LogP contribution in [0.5, 0.6) is 0 Å². The van der Waals surface area contributed by atoms with Crippen LogP contribution in [0.15, 0.2) is 21.6 Å². The molecule has 2 aromatic rings. The van der Waals surface area contributed by atoms with E-state index in [0.717, 1.165) is 26.8 Å². The highest BCUT2D eigenvalue weighted by atomic mass is 79.9. The number of aromatic amines is 1. The van der Waals surface area contributed by atoms with Gasteiger partial charge < -0.3 is 0 Å². The van der Waals surface area contributed by atoms with Crippen molar-refractivity contribution in [2.24, 2.45) is 4.99 Å². The lowest BCUT2D eigenvalue weighted by Gasteiger charge is -1.94. The molecule has 0 saturated carbocycles. The van der Waals surface area contributed by atoms with Crippen molar-refractivity contribution in [3.05, 3.63) is 22.2 Å². The Labute approximate surface area is 76.6 Å². The molecule has 1 N–H and O–H groups in total. The molecule has 0 spiro atoms. The third kappa shape index (κ3) is 0.610. The molecule has 0 amide bonds. The average molecular weight is 222 g/mol. The summed E-state index contributed by atoms with van der Waals surface area (Å²) in [4.78, 5) is 4.17. The number of nitrogens with one attached hydrogen (secondary N) is 1. The number of halogens is 1. The van der Waals surface area contributed by atoms with Crippen molar-refractivity contribution in [2.75, 3.05) is 0 Å². The van der Waals surface area contributed by atoms with E-state index in [1.165, 1.54) is 0 Å². The number of hydrogen-bond donors (Lipinski definition) is 1. The molecule has 3 nitrogen and oxygen atoms in total. The maximum atomic E-state index is 4.17. The van der Waals surface area contributed by atoms with Crippen LogP contribution < -0.4 is 0 Å². The summed E-state index contributed by atoms with van der Waals surface area (Å²) in [7, 11) is 0. The Bertz CT molecular complexity index is 498. The maximum absolute atomic E-state index is 4.17. The minimum absolute atomic E-state index is 0.793. The minimum Gasteiger partial charge on any atom is -0.276 e. The van der Waals surface area contributed by atoms with Gasteiger partial charge >= 0.3 is 0 Å². The first-order valence-electron chi connectivity index (χ1n) is 3.57. The van der Waals surface area contributed by atoms with E-state index in [4.69, 9.17) is 0 Å². The quantitative estimate of drug-likeness (QED) is 0.623. The zero-order valence-corrected chi connectivity index (χ0v) is 7.59. The molecule has 12 heavy (non-hydrogen) atoms. The molecular formula is C8H4BrN3. The van der Waals surface area contributed by atoms with E-state index in [1.54, 1.807) is 0 Å². The molecule has 1 aliphatic heterocycles. The van der Waals surface area contributed by atoms with E-state index in [0.29, 0.717) is 0 Å². The van der Waals surface area contributed by atoms with Gasteiger partial charge in [-0.2, -0.15) is 5.10 Å². The third-order valence-corrected chi connectivity index (χ3v) is 2.71. The molecule has 0 radical (unpaired) electrons. The van der Waals surface area contributed by atoms with Crippen LogP contribution in [-0.2, 0) is 0 Å². The Morgan fingerprint density at radius 1 is 1.33 bits per heavy atom. The zero-order valence-electron chi connectivity index (χ0n) is 6.00. The second-order valence-electron chi connectivity index (χ2n) is 2.69. The molecule has 0 atom stereocenters. The van der Waals surface area contributed by atoms with Crippen molar-refractivity contribution in [3.8, 4) is 0 Å². The van der Waals surface area contributed by atoms with Crippen LogP contribution in [0.1, 0.15) is 5.56 Å². The monoisotopic (exact) mass is 221 g/mol. The summed E-state index contributed by atoms with van der Waals surface area (Å²) in [6.07, 6.45) is 1.84. The lowest BCUT2D eigenvalue weighted by molar-refractivity contribution is 1.11. The summed E-state index contributed by atoms with van der Waals surface area (Å²) in [6, 6.07) is 3.99. The fourth-order valence-corrected chi connectivity index (χ4v) is 1.88. The van der Waals surface area contributed by atoms with Gasteiger partial charge in [0.25, 0.3) is 0 Å². The second-order valence-corrected chi connectivity index (χ2v) is 3.54. The molecule has 4 heteroatoms. The van der Waals surface area contributed by atoms with E-state index in [2.05, 4.69) is 31.1 Å². The number of H-pyrrole nitrogens is 1. The number of nitrogens with zero attached hydrogens (tertiary/aromatic N) is 2. The van der Waals surface area contributed by atoms with E-state index in [9.17, 15) is 0 Å². The molecule has 3 rings (SSSR count). The summed E-state index contributed by atoms with van der Waals surface area (Å²) in [5.41, 5.74) is 2.16. The van der Waals surface area contributed by atoms with Gasteiger partial charge in [-0.1, -0.05) is 15.9 Å². The van der Waals surface area contributed by atoms with Gasteiger partial charge in [0.1, 0.15) is 0 Å². The first kappa shape index (κ1) is 6.37. The average Bonchev–Trinajstić information content (AvgIpc) is 2.61. The Hall–Kier alpha value is -1.16. The van der Waals surface area contributed by atoms with Crippen LogP contribution in [0, 0.1) is 0 Å². The van der Waals surface area contributed by atoms with Crippen molar-refractivity contribution in [3.63, 3.8) is 0 Å². The molecule has 0 saturated heterocycles. The van der Waals surface area contributed by atoms with Crippen LogP contribution in [0.25, 0.3) is 10.9 Å². The SMILES string of the molecule is Brc1ccc2[nH]nc3c2c1C=N3. The summed E-state index contributed by atoms with van der Waals surface area (Å²) < 4.78 is 1.07. The Morgan fingerprint density at radius 2 is 2.25 bits per heavy atom. The molecule has 1 aromatic carbocycles. The Kier molecular flexibility index (Phi) is 1.04. The Balaban J connectivity index is 2.64. The molecule has 2 heterocycles. The molecular weight excluding hydrogens is 218 g/mol. The molecule has 0 bridgehead atoms. The molecule has 0 aliphatic carbocycles. The van der Waals surface area contributed by atoms with Crippen molar-refractivity contribution < 1.29 is 0 Å². The van der Waals surface area contributed by atoms with E-state index in [1.807, 2.05) is 18.3 Å². The molecule has 1 aromatic heterocycles. The fourth-order valence-electron chi connectivity index (χ4n) is 1.44. The van der Waals surface area contributed by atoms with Crippen LogP contribution in [0.4, 0.5) is 5.82 Å². The van der Waals surface area contributed by atoms with Gasteiger partial charge in [-0.3, -0.25) is 5.10 Å². The minimum atomic E-state index is 0.793. The van der Waals surface area contributed by atoms with Gasteiger partial charge in [0, 0.05) is 16.3 Å². The van der Waals surface area contributed by atoms with E-state index >= 15 is 0 Å². The number of rotatable bonds is 0. The third-order valence-electron chi connectivity index (χ3n) is 2.01.